The van der Waals surface area contributed by atoms with Crippen molar-refractivity contribution in [2.45, 2.75) is 19.8 Å². The van der Waals surface area contributed by atoms with Gasteiger partial charge in [0.15, 0.2) is 0 Å². The summed E-state index contributed by atoms with van der Waals surface area (Å²) in [6, 6.07) is 12.1. The standard InChI is InChI=1S/C20H20ClN3O3/c1-12(14-4-3-5-16(10-14)22-19(25)13-6-7-13)23-24-20(26)17-11-15(21)8-9-18(17)27-2/h3-5,8-11,13H,6-7H2,1-2H3,(H,22,25)(H,24,26)/b23-12+. The molecule has 0 unspecified atom stereocenters. The largest absolute Gasteiger partial charge is 0.496 e. The Hall–Kier alpha value is -2.86. The summed E-state index contributed by atoms with van der Waals surface area (Å²) in [6.07, 6.45) is 1.90. The van der Waals surface area contributed by atoms with E-state index in [-0.39, 0.29) is 11.8 Å². The zero-order valence-electron chi connectivity index (χ0n) is 15.1. The molecule has 0 saturated heterocycles. The van der Waals surface area contributed by atoms with E-state index >= 15 is 0 Å². The highest BCUT2D eigenvalue weighted by Crippen LogP contribution is 2.30. The maximum absolute atomic E-state index is 12.4. The van der Waals surface area contributed by atoms with Crippen molar-refractivity contribution in [3.63, 3.8) is 0 Å². The Labute approximate surface area is 162 Å². The number of nitrogens with one attached hydrogen (secondary N) is 2. The second-order valence-electron chi connectivity index (χ2n) is 6.33. The molecule has 3 rings (SSSR count). The molecule has 1 saturated carbocycles. The van der Waals surface area contributed by atoms with Gasteiger partial charge >= 0.3 is 0 Å². The number of anilines is 1. The van der Waals surface area contributed by atoms with Gasteiger partial charge in [-0.2, -0.15) is 5.10 Å². The summed E-state index contributed by atoms with van der Waals surface area (Å²) < 4.78 is 5.18. The van der Waals surface area contributed by atoms with Gasteiger partial charge in [0, 0.05) is 16.6 Å². The van der Waals surface area contributed by atoms with Crippen LogP contribution in [0.25, 0.3) is 0 Å². The first-order valence-corrected chi connectivity index (χ1v) is 8.95. The molecule has 2 amide bonds. The molecule has 0 aromatic heterocycles. The fourth-order valence-corrected chi connectivity index (χ4v) is 2.70. The summed E-state index contributed by atoms with van der Waals surface area (Å²) >= 11 is 5.96. The number of halogens is 1. The van der Waals surface area contributed by atoms with Crippen molar-refractivity contribution < 1.29 is 14.3 Å². The lowest BCUT2D eigenvalue weighted by atomic mass is 10.1. The second kappa shape index (κ2) is 8.22. The molecule has 27 heavy (non-hydrogen) atoms. The number of rotatable bonds is 6. The molecule has 0 radical (unpaired) electrons. The smallest absolute Gasteiger partial charge is 0.275 e. The van der Waals surface area contributed by atoms with Crippen LogP contribution in [0.1, 0.15) is 35.7 Å². The van der Waals surface area contributed by atoms with Crippen molar-refractivity contribution in [1.82, 2.24) is 5.43 Å². The topological polar surface area (TPSA) is 79.8 Å². The molecule has 140 valence electrons. The van der Waals surface area contributed by atoms with Crippen molar-refractivity contribution in [2.75, 3.05) is 12.4 Å². The van der Waals surface area contributed by atoms with Gasteiger partial charge in [-0.15, -0.1) is 0 Å². The summed E-state index contributed by atoms with van der Waals surface area (Å²) in [4.78, 5) is 24.3. The van der Waals surface area contributed by atoms with Crippen LogP contribution in [0.3, 0.4) is 0 Å². The van der Waals surface area contributed by atoms with Gasteiger partial charge < -0.3 is 10.1 Å². The first-order valence-electron chi connectivity index (χ1n) is 8.57. The Morgan fingerprint density at radius 3 is 2.67 bits per heavy atom. The van der Waals surface area contributed by atoms with Gasteiger partial charge in [-0.1, -0.05) is 23.7 Å². The van der Waals surface area contributed by atoms with Crippen LogP contribution in [-0.2, 0) is 4.79 Å². The first-order chi connectivity index (χ1) is 13.0. The Bertz CT molecular complexity index is 907. The Balaban J connectivity index is 1.71. The van der Waals surface area contributed by atoms with Gasteiger partial charge in [0.1, 0.15) is 5.75 Å². The van der Waals surface area contributed by atoms with Crippen molar-refractivity contribution in [1.29, 1.82) is 0 Å². The molecule has 6 nitrogen and oxygen atoms in total. The number of hydrogen-bond acceptors (Lipinski definition) is 4. The number of methoxy groups -OCH3 is 1. The Kier molecular flexibility index (Phi) is 5.76. The SMILES string of the molecule is COc1ccc(Cl)cc1C(=O)N/N=C(\C)c1cccc(NC(=O)C2CC2)c1. The number of benzene rings is 2. The van der Waals surface area contributed by atoms with Crippen LogP contribution in [0.15, 0.2) is 47.6 Å². The van der Waals surface area contributed by atoms with E-state index in [9.17, 15) is 9.59 Å². The van der Waals surface area contributed by atoms with E-state index in [4.69, 9.17) is 16.3 Å². The van der Waals surface area contributed by atoms with Gasteiger partial charge in [-0.25, -0.2) is 5.43 Å². The van der Waals surface area contributed by atoms with E-state index in [2.05, 4.69) is 15.8 Å². The Morgan fingerprint density at radius 2 is 1.96 bits per heavy atom. The molecular weight excluding hydrogens is 366 g/mol. The van der Waals surface area contributed by atoms with Gasteiger partial charge in [0.2, 0.25) is 5.91 Å². The lowest BCUT2D eigenvalue weighted by Crippen LogP contribution is -2.20. The highest BCUT2D eigenvalue weighted by atomic mass is 35.5. The summed E-state index contributed by atoms with van der Waals surface area (Å²) in [5.41, 5.74) is 4.92. The van der Waals surface area contributed by atoms with Gasteiger partial charge in [-0.3, -0.25) is 9.59 Å². The van der Waals surface area contributed by atoms with E-state index < -0.39 is 5.91 Å². The molecule has 0 bridgehead atoms. The van der Waals surface area contributed by atoms with Crippen LogP contribution in [0.4, 0.5) is 5.69 Å². The fraction of sp³-hybridized carbons (Fsp3) is 0.250. The van der Waals surface area contributed by atoms with Gasteiger partial charge in [0.05, 0.1) is 18.4 Å². The maximum Gasteiger partial charge on any atom is 0.275 e. The maximum atomic E-state index is 12.4. The van der Waals surface area contributed by atoms with Crippen LogP contribution in [0, 0.1) is 5.92 Å². The zero-order valence-corrected chi connectivity index (χ0v) is 15.8. The molecule has 2 aromatic rings. The van der Waals surface area contributed by atoms with E-state index in [1.165, 1.54) is 13.2 Å². The molecule has 0 aliphatic heterocycles. The van der Waals surface area contributed by atoms with E-state index in [1.54, 1.807) is 19.1 Å². The number of amides is 2. The van der Waals surface area contributed by atoms with Crippen LogP contribution in [0.5, 0.6) is 5.75 Å². The van der Waals surface area contributed by atoms with E-state index in [1.807, 2.05) is 24.3 Å². The quantitative estimate of drug-likeness (QED) is 0.585. The third-order valence-corrected chi connectivity index (χ3v) is 4.46. The van der Waals surface area contributed by atoms with Crippen LogP contribution >= 0.6 is 11.6 Å². The van der Waals surface area contributed by atoms with Crippen molar-refractivity contribution >= 4 is 34.8 Å². The molecule has 0 atom stereocenters. The number of hydrogen-bond donors (Lipinski definition) is 2. The van der Waals surface area contributed by atoms with Gasteiger partial charge in [-0.05, 0) is 55.7 Å². The number of carbonyl (C=O) groups is 2. The summed E-state index contributed by atoms with van der Waals surface area (Å²) in [6.45, 7) is 1.78. The lowest BCUT2D eigenvalue weighted by molar-refractivity contribution is -0.117. The van der Waals surface area contributed by atoms with Crippen molar-refractivity contribution in [2.24, 2.45) is 11.0 Å². The minimum Gasteiger partial charge on any atom is -0.496 e. The molecule has 7 heteroatoms. The average molecular weight is 386 g/mol. The van der Waals surface area contributed by atoms with Crippen LogP contribution in [-0.4, -0.2) is 24.6 Å². The normalized spacial score (nSPS) is 13.8. The fourth-order valence-electron chi connectivity index (χ4n) is 2.53. The average Bonchev–Trinajstić information content (AvgIpc) is 3.51. The molecule has 1 aliphatic rings. The van der Waals surface area contributed by atoms with Crippen LogP contribution in [0.2, 0.25) is 5.02 Å². The number of carbonyl (C=O) groups excluding carboxylic acids is 2. The third-order valence-electron chi connectivity index (χ3n) is 4.23. The highest BCUT2D eigenvalue weighted by Gasteiger charge is 2.29. The summed E-state index contributed by atoms with van der Waals surface area (Å²) in [5, 5.41) is 7.48. The first kappa shape index (κ1) is 18.9. The second-order valence-corrected chi connectivity index (χ2v) is 6.76. The molecule has 0 spiro atoms. The molecule has 2 aromatic carbocycles. The van der Waals surface area contributed by atoms with E-state index in [0.29, 0.717) is 27.7 Å². The van der Waals surface area contributed by atoms with E-state index in [0.717, 1.165) is 18.4 Å². The summed E-state index contributed by atoms with van der Waals surface area (Å²) in [7, 11) is 1.48. The highest BCUT2D eigenvalue weighted by molar-refractivity contribution is 6.31. The Morgan fingerprint density at radius 1 is 1.19 bits per heavy atom. The number of ether oxygens (including phenoxy) is 1. The zero-order chi connectivity index (χ0) is 19.4. The number of hydrazone groups is 1. The number of nitrogens with zero attached hydrogens (tertiary/aromatic N) is 1. The van der Waals surface area contributed by atoms with Crippen molar-refractivity contribution in [3.8, 4) is 5.75 Å². The van der Waals surface area contributed by atoms with Crippen LogP contribution < -0.4 is 15.5 Å². The molecule has 0 heterocycles. The minimum absolute atomic E-state index is 0.0445. The molecule has 1 fully saturated rings. The van der Waals surface area contributed by atoms with Gasteiger partial charge in [0.25, 0.3) is 5.91 Å². The minimum atomic E-state index is -0.424. The van der Waals surface area contributed by atoms with Crippen molar-refractivity contribution in [3.05, 3.63) is 58.6 Å². The third kappa shape index (κ3) is 4.86. The predicted molar refractivity (Wildman–Crippen MR) is 105 cm³/mol. The molecule has 2 N–H and O–H groups in total. The summed E-state index contributed by atoms with van der Waals surface area (Å²) in [5.74, 6) is 0.167. The monoisotopic (exact) mass is 385 g/mol. The lowest BCUT2D eigenvalue weighted by Gasteiger charge is -2.09. The molecular formula is C20H20ClN3O3. The predicted octanol–water partition coefficient (Wildman–Crippen LogP) is 3.85. The molecule has 1 aliphatic carbocycles.